The Kier molecular flexibility index (Phi) is 3.45. The molecule has 2 rings (SSSR count). The molecule has 0 unspecified atom stereocenters. The van der Waals surface area contributed by atoms with Crippen molar-refractivity contribution >= 4 is 11.8 Å². The summed E-state index contributed by atoms with van der Waals surface area (Å²) >= 11 is 0. The summed E-state index contributed by atoms with van der Waals surface area (Å²) in [7, 11) is 0. The van der Waals surface area contributed by atoms with E-state index in [2.05, 4.69) is 31.4 Å². The Morgan fingerprint density at radius 3 is 2.42 bits per heavy atom. The number of rotatable bonds is 3. The molecule has 0 aromatic heterocycles. The van der Waals surface area contributed by atoms with Gasteiger partial charge in [-0.2, -0.15) is 0 Å². The van der Waals surface area contributed by atoms with Gasteiger partial charge in [-0.3, -0.25) is 9.59 Å². The summed E-state index contributed by atoms with van der Waals surface area (Å²) in [4.78, 5) is 22.5. The number of fused-ring (bicyclic) bond motifs is 2. The highest BCUT2D eigenvalue weighted by atomic mass is 16.2. The molecule has 106 valence electrons. The van der Waals surface area contributed by atoms with E-state index < -0.39 is 0 Å². The Labute approximate surface area is 115 Å². The number of carbonyl (C=O) groups is 2. The topological polar surface area (TPSA) is 58.2 Å². The van der Waals surface area contributed by atoms with E-state index in [4.69, 9.17) is 0 Å². The van der Waals surface area contributed by atoms with E-state index >= 15 is 0 Å². The van der Waals surface area contributed by atoms with Crippen LogP contribution in [0.3, 0.4) is 0 Å². The fourth-order valence-electron chi connectivity index (χ4n) is 3.78. The average Bonchev–Trinajstić information content (AvgIpc) is 2.72. The first-order valence-corrected chi connectivity index (χ1v) is 7.00. The van der Waals surface area contributed by atoms with Crippen LogP contribution in [0.4, 0.5) is 0 Å². The lowest BCUT2D eigenvalue weighted by Crippen LogP contribution is -2.38. The van der Waals surface area contributed by atoms with Crippen molar-refractivity contribution in [2.75, 3.05) is 6.54 Å². The van der Waals surface area contributed by atoms with Crippen LogP contribution < -0.4 is 10.6 Å². The molecular formula is C15H24N2O2. The van der Waals surface area contributed by atoms with Gasteiger partial charge < -0.3 is 10.6 Å². The van der Waals surface area contributed by atoms with E-state index in [9.17, 15) is 9.59 Å². The molecule has 0 heterocycles. The van der Waals surface area contributed by atoms with E-state index in [0.717, 1.165) is 12.1 Å². The fraction of sp³-hybridized carbons (Fsp3) is 0.733. The lowest BCUT2D eigenvalue weighted by molar-refractivity contribution is -0.119. The number of hydrogen-bond donors (Lipinski definition) is 2. The van der Waals surface area contributed by atoms with Crippen LogP contribution in [0.5, 0.6) is 0 Å². The lowest BCUT2D eigenvalue weighted by atomic mass is 9.68. The van der Waals surface area contributed by atoms with Gasteiger partial charge in [-0.1, -0.05) is 20.8 Å². The molecule has 0 aromatic rings. The van der Waals surface area contributed by atoms with E-state index in [1.54, 1.807) is 6.92 Å². The van der Waals surface area contributed by atoms with Crippen molar-refractivity contribution in [2.45, 2.75) is 41.0 Å². The zero-order valence-corrected chi connectivity index (χ0v) is 12.5. The number of carbonyl (C=O) groups excluding carboxylic acids is 2. The normalized spacial score (nSPS) is 31.5. The number of amides is 2. The molecule has 4 nitrogen and oxygen atoms in total. The molecule has 2 N–H and O–H groups in total. The van der Waals surface area contributed by atoms with Gasteiger partial charge in [-0.15, -0.1) is 0 Å². The second-order valence-corrected chi connectivity index (χ2v) is 6.53. The SMILES string of the molecule is CC(=O)NCC1=C(NC(C)=O)[C@H]2C[C@@H]1C(C)(C)[C@@H]2C. The minimum Gasteiger partial charge on any atom is -0.353 e. The molecule has 3 atom stereocenters. The molecule has 2 bridgehead atoms. The van der Waals surface area contributed by atoms with Crippen molar-refractivity contribution in [2.24, 2.45) is 23.2 Å². The number of hydrogen-bond acceptors (Lipinski definition) is 2. The van der Waals surface area contributed by atoms with Gasteiger partial charge in [-0.25, -0.2) is 0 Å². The average molecular weight is 264 g/mol. The molecule has 0 aromatic carbocycles. The third kappa shape index (κ3) is 2.28. The zero-order valence-electron chi connectivity index (χ0n) is 12.5. The molecule has 19 heavy (non-hydrogen) atoms. The van der Waals surface area contributed by atoms with Gasteiger partial charge in [0.05, 0.1) is 0 Å². The maximum atomic E-state index is 11.4. The minimum atomic E-state index is -0.0247. The monoisotopic (exact) mass is 264 g/mol. The van der Waals surface area contributed by atoms with Crippen LogP contribution in [-0.4, -0.2) is 18.4 Å². The van der Waals surface area contributed by atoms with Gasteiger partial charge in [0.1, 0.15) is 0 Å². The first-order chi connectivity index (χ1) is 8.75. The third-order valence-electron chi connectivity index (χ3n) is 5.14. The summed E-state index contributed by atoms with van der Waals surface area (Å²) < 4.78 is 0. The van der Waals surface area contributed by atoms with Crippen LogP contribution in [0, 0.1) is 23.2 Å². The van der Waals surface area contributed by atoms with Crippen molar-refractivity contribution in [3.63, 3.8) is 0 Å². The molecule has 0 saturated heterocycles. The molecule has 1 fully saturated rings. The quantitative estimate of drug-likeness (QED) is 0.817. The van der Waals surface area contributed by atoms with Crippen LogP contribution in [0.25, 0.3) is 0 Å². The van der Waals surface area contributed by atoms with Gasteiger partial charge >= 0.3 is 0 Å². The molecule has 2 amide bonds. The molecule has 0 radical (unpaired) electrons. The number of allylic oxidation sites excluding steroid dienone is 1. The zero-order chi connectivity index (χ0) is 14.4. The van der Waals surface area contributed by atoms with Crippen LogP contribution >= 0.6 is 0 Å². The van der Waals surface area contributed by atoms with Crippen molar-refractivity contribution in [3.05, 3.63) is 11.3 Å². The van der Waals surface area contributed by atoms with Crippen molar-refractivity contribution < 1.29 is 9.59 Å². The Morgan fingerprint density at radius 1 is 1.26 bits per heavy atom. The first kappa shape index (κ1) is 14.1. The summed E-state index contributed by atoms with van der Waals surface area (Å²) in [5.74, 6) is 1.39. The van der Waals surface area contributed by atoms with Crippen LogP contribution in [0.1, 0.15) is 41.0 Å². The molecular weight excluding hydrogens is 240 g/mol. The largest absolute Gasteiger partial charge is 0.353 e. The molecule has 1 saturated carbocycles. The van der Waals surface area contributed by atoms with E-state index in [0.29, 0.717) is 24.3 Å². The standard InChI is InChI=1S/C15H24N2O2/c1-8-11-6-13(15(8,4)5)12(7-16-9(2)18)14(11)17-10(3)19/h8,11,13H,6-7H2,1-5H3,(H,16,18)(H,17,19)/t8-,11+,13+/m1/s1. The summed E-state index contributed by atoms with van der Waals surface area (Å²) in [5.41, 5.74) is 2.53. The van der Waals surface area contributed by atoms with Gasteiger partial charge in [0, 0.05) is 32.0 Å². The molecule has 0 spiro atoms. The summed E-state index contributed by atoms with van der Waals surface area (Å²) in [6.07, 6.45) is 1.10. The summed E-state index contributed by atoms with van der Waals surface area (Å²) in [6.45, 7) is 10.5. The summed E-state index contributed by atoms with van der Waals surface area (Å²) in [5, 5.41) is 5.88. The van der Waals surface area contributed by atoms with Crippen LogP contribution in [0.2, 0.25) is 0 Å². The van der Waals surface area contributed by atoms with Gasteiger partial charge in [-0.05, 0) is 29.2 Å². The van der Waals surface area contributed by atoms with Crippen LogP contribution in [-0.2, 0) is 9.59 Å². The smallest absolute Gasteiger partial charge is 0.221 e. The number of nitrogens with one attached hydrogen (secondary N) is 2. The predicted molar refractivity (Wildman–Crippen MR) is 74.1 cm³/mol. The van der Waals surface area contributed by atoms with E-state index in [1.165, 1.54) is 12.5 Å². The molecule has 2 aliphatic carbocycles. The molecule has 2 aliphatic rings. The maximum absolute atomic E-state index is 11.4. The minimum absolute atomic E-state index is 0.0205. The predicted octanol–water partition coefficient (Wildman–Crippen LogP) is 1.82. The van der Waals surface area contributed by atoms with Gasteiger partial charge in [0.15, 0.2) is 0 Å². The highest BCUT2D eigenvalue weighted by molar-refractivity contribution is 5.76. The van der Waals surface area contributed by atoms with E-state index in [-0.39, 0.29) is 17.2 Å². The molecule has 4 heteroatoms. The first-order valence-electron chi connectivity index (χ1n) is 7.00. The Morgan fingerprint density at radius 2 is 1.89 bits per heavy atom. The second-order valence-electron chi connectivity index (χ2n) is 6.53. The van der Waals surface area contributed by atoms with Gasteiger partial charge in [0.2, 0.25) is 11.8 Å². The van der Waals surface area contributed by atoms with Gasteiger partial charge in [0.25, 0.3) is 0 Å². The van der Waals surface area contributed by atoms with Crippen molar-refractivity contribution in [1.29, 1.82) is 0 Å². The van der Waals surface area contributed by atoms with Crippen molar-refractivity contribution in [3.8, 4) is 0 Å². The van der Waals surface area contributed by atoms with Crippen LogP contribution in [0.15, 0.2) is 11.3 Å². The highest BCUT2D eigenvalue weighted by Gasteiger charge is 2.54. The lowest BCUT2D eigenvalue weighted by Gasteiger charge is -2.39. The summed E-state index contributed by atoms with van der Waals surface area (Å²) in [6, 6.07) is 0. The molecule has 0 aliphatic heterocycles. The van der Waals surface area contributed by atoms with Crippen molar-refractivity contribution in [1.82, 2.24) is 10.6 Å². The Hall–Kier alpha value is -1.32. The Bertz CT molecular complexity index is 451. The third-order valence-corrected chi connectivity index (χ3v) is 5.14. The maximum Gasteiger partial charge on any atom is 0.221 e. The fourth-order valence-corrected chi connectivity index (χ4v) is 3.78. The second kappa shape index (κ2) is 4.66. The Balaban J connectivity index is 2.31. The van der Waals surface area contributed by atoms with E-state index in [1.807, 2.05) is 0 Å². The highest BCUT2D eigenvalue weighted by Crippen LogP contribution is 2.60.